The molecule has 4 rings (SSSR count). The third kappa shape index (κ3) is 3.80. The van der Waals surface area contributed by atoms with Crippen molar-refractivity contribution in [3.05, 3.63) is 24.0 Å². The van der Waals surface area contributed by atoms with E-state index < -0.39 is 17.8 Å². The number of allylic oxidation sites excluding steroid dienone is 2. The summed E-state index contributed by atoms with van der Waals surface area (Å²) in [5, 5.41) is 19.8. The van der Waals surface area contributed by atoms with E-state index in [-0.39, 0.29) is 35.4 Å². The standard InChI is InChI=1S/C21H28N4O4/c1-2-25-11-15(18(24-25)20(27)22-14-6-4-3-5-7-14)23-19(26)16-12-8-9-13(10-12)17(16)21(28)29/h8-9,11-14,16-17H,2-7,10H2,1H3,(H,22,27)(H,23,26)(H,28,29)/t12-,13-,16+,17-/m0/s1. The van der Waals surface area contributed by atoms with Crippen molar-refractivity contribution in [2.75, 3.05) is 5.32 Å². The number of amides is 2. The number of nitrogens with zero attached hydrogens (tertiary/aromatic N) is 2. The Morgan fingerprint density at radius 2 is 1.83 bits per heavy atom. The number of fused-ring (bicyclic) bond motifs is 2. The first-order chi connectivity index (χ1) is 14.0. The highest BCUT2D eigenvalue weighted by atomic mass is 16.4. The van der Waals surface area contributed by atoms with E-state index in [1.54, 1.807) is 10.9 Å². The molecule has 2 saturated carbocycles. The summed E-state index contributed by atoms with van der Waals surface area (Å²) < 4.78 is 1.61. The molecule has 156 valence electrons. The molecule has 8 nitrogen and oxygen atoms in total. The van der Waals surface area contributed by atoms with E-state index in [0.717, 1.165) is 25.7 Å². The van der Waals surface area contributed by atoms with Crippen LogP contribution in [-0.4, -0.2) is 38.7 Å². The highest BCUT2D eigenvalue weighted by molar-refractivity contribution is 6.03. The van der Waals surface area contributed by atoms with Crippen molar-refractivity contribution >= 4 is 23.5 Å². The third-order valence-corrected chi connectivity index (χ3v) is 6.55. The largest absolute Gasteiger partial charge is 0.481 e. The number of rotatable bonds is 6. The molecule has 2 fully saturated rings. The molecule has 2 amide bonds. The van der Waals surface area contributed by atoms with E-state index in [0.29, 0.717) is 18.7 Å². The van der Waals surface area contributed by atoms with Gasteiger partial charge in [-0.25, -0.2) is 0 Å². The average molecular weight is 400 g/mol. The van der Waals surface area contributed by atoms with Crippen LogP contribution in [-0.2, 0) is 16.1 Å². The van der Waals surface area contributed by atoms with E-state index in [1.807, 2.05) is 19.1 Å². The molecule has 0 saturated heterocycles. The second-order valence-corrected chi connectivity index (χ2v) is 8.38. The lowest BCUT2D eigenvalue weighted by Crippen LogP contribution is -2.38. The molecule has 0 aromatic carbocycles. The number of nitrogens with one attached hydrogen (secondary N) is 2. The van der Waals surface area contributed by atoms with E-state index >= 15 is 0 Å². The molecule has 3 aliphatic carbocycles. The molecule has 1 heterocycles. The first kappa shape index (κ1) is 19.7. The summed E-state index contributed by atoms with van der Waals surface area (Å²) in [7, 11) is 0. The van der Waals surface area contributed by atoms with Crippen LogP contribution in [0.1, 0.15) is 55.9 Å². The number of carbonyl (C=O) groups is 3. The van der Waals surface area contributed by atoms with Crippen LogP contribution in [0, 0.1) is 23.7 Å². The average Bonchev–Trinajstić information content (AvgIpc) is 3.42. The van der Waals surface area contributed by atoms with Gasteiger partial charge in [0.15, 0.2) is 5.69 Å². The zero-order valence-electron chi connectivity index (χ0n) is 16.6. The van der Waals surface area contributed by atoms with Crippen LogP contribution in [0.5, 0.6) is 0 Å². The van der Waals surface area contributed by atoms with Gasteiger partial charge in [0.05, 0.1) is 17.5 Å². The number of hydrogen-bond donors (Lipinski definition) is 3. The molecular weight excluding hydrogens is 372 g/mol. The number of aromatic nitrogens is 2. The lowest BCUT2D eigenvalue weighted by molar-refractivity contribution is -0.146. The predicted molar refractivity (Wildman–Crippen MR) is 106 cm³/mol. The van der Waals surface area contributed by atoms with Gasteiger partial charge >= 0.3 is 5.97 Å². The molecule has 0 radical (unpaired) electrons. The summed E-state index contributed by atoms with van der Waals surface area (Å²) in [6.45, 7) is 2.47. The number of carboxylic acid groups (broad SMARTS) is 1. The lowest BCUT2D eigenvalue weighted by Gasteiger charge is -2.24. The van der Waals surface area contributed by atoms with Gasteiger partial charge in [0, 0.05) is 18.8 Å². The van der Waals surface area contributed by atoms with Crippen molar-refractivity contribution in [1.29, 1.82) is 0 Å². The van der Waals surface area contributed by atoms with Crippen molar-refractivity contribution in [2.24, 2.45) is 23.7 Å². The smallest absolute Gasteiger partial charge is 0.307 e. The second kappa shape index (κ2) is 8.00. The lowest BCUT2D eigenvalue weighted by atomic mass is 9.82. The molecule has 1 aromatic rings. The fraction of sp³-hybridized carbons (Fsp3) is 0.619. The van der Waals surface area contributed by atoms with Crippen molar-refractivity contribution in [3.63, 3.8) is 0 Å². The SMILES string of the molecule is CCn1cc(NC(=O)[C@H]2[C@@H](C(=O)O)[C@H]3C=C[C@H]2C3)c(C(=O)NC2CCCCC2)n1. The Morgan fingerprint density at radius 1 is 1.14 bits per heavy atom. The van der Waals surface area contributed by atoms with Crippen molar-refractivity contribution in [1.82, 2.24) is 15.1 Å². The maximum absolute atomic E-state index is 13.0. The predicted octanol–water partition coefficient (Wildman–Crippen LogP) is 2.43. The summed E-state index contributed by atoms with van der Waals surface area (Å²) in [5.41, 5.74) is 0.539. The van der Waals surface area contributed by atoms with E-state index in [2.05, 4.69) is 15.7 Å². The Hall–Kier alpha value is -2.64. The Bertz CT molecular complexity index is 840. The number of carboxylic acids is 1. The highest BCUT2D eigenvalue weighted by Crippen LogP contribution is 2.48. The molecule has 3 N–H and O–H groups in total. The number of carbonyl (C=O) groups excluding carboxylic acids is 2. The Labute approximate surface area is 169 Å². The Balaban J connectivity index is 1.51. The fourth-order valence-corrected chi connectivity index (χ4v) is 5.08. The van der Waals surface area contributed by atoms with Gasteiger partial charge in [0.2, 0.25) is 5.91 Å². The van der Waals surface area contributed by atoms with E-state index in [1.165, 1.54) is 6.42 Å². The van der Waals surface area contributed by atoms with E-state index in [9.17, 15) is 19.5 Å². The molecular formula is C21H28N4O4. The fourth-order valence-electron chi connectivity index (χ4n) is 5.08. The van der Waals surface area contributed by atoms with Gasteiger partial charge in [0.25, 0.3) is 5.91 Å². The van der Waals surface area contributed by atoms with Crippen LogP contribution >= 0.6 is 0 Å². The molecule has 0 unspecified atom stereocenters. The zero-order valence-corrected chi connectivity index (χ0v) is 16.6. The van der Waals surface area contributed by atoms with Gasteiger partial charge in [0.1, 0.15) is 0 Å². The topological polar surface area (TPSA) is 113 Å². The second-order valence-electron chi connectivity index (χ2n) is 8.38. The quantitative estimate of drug-likeness (QED) is 0.635. The van der Waals surface area contributed by atoms with Crippen LogP contribution in [0.15, 0.2) is 18.3 Å². The van der Waals surface area contributed by atoms with Gasteiger partial charge < -0.3 is 15.7 Å². The molecule has 4 atom stereocenters. The molecule has 8 heteroatoms. The maximum atomic E-state index is 13.0. The minimum absolute atomic E-state index is 0.0677. The van der Waals surface area contributed by atoms with Gasteiger partial charge in [-0.15, -0.1) is 0 Å². The number of aliphatic carboxylic acids is 1. The van der Waals surface area contributed by atoms with Gasteiger partial charge in [-0.2, -0.15) is 5.10 Å². The molecule has 2 bridgehead atoms. The zero-order chi connectivity index (χ0) is 20.5. The molecule has 0 spiro atoms. The minimum atomic E-state index is -0.943. The number of anilines is 1. The number of hydrogen-bond acceptors (Lipinski definition) is 4. The van der Waals surface area contributed by atoms with Crippen LogP contribution in [0.25, 0.3) is 0 Å². The summed E-state index contributed by atoms with van der Waals surface area (Å²) >= 11 is 0. The highest BCUT2D eigenvalue weighted by Gasteiger charge is 2.51. The summed E-state index contributed by atoms with van der Waals surface area (Å²) in [5.74, 6) is -3.09. The maximum Gasteiger partial charge on any atom is 0.307 e. The van der Waals surface area contributed by atoms with Gasteiger partial charge in [-0.05, 0) is 38.0 Å². The van der Waals surface area contributed by atoms with Gasteiger partial charge in [-0.1, -0.05) is 31.4 Å². The first-order valence-electron chi connectivity index (χ1n) is 10.6. The van der Waals surface area contributed by atoms with Crippen molar-refractivity contribution < 1.29 is 19.5 Å². The minimum Gasteiger partial charge on any atom is -0.481 e. The normalized spacial score (nSPS) is 28.4. The summed E-state index contributed by atoms with van der Waals surface area (Å²) in [6, 6.07) is 0.138. The van der Waals surface area contributed by atoms with Crippen LogP contribution in [0.2, 0.25) is 0 Å². The van der Waals surface area contributed by atoms with E-state index in [4.69, 9.17) is 0 Å². The Morgan fingerprint density at radius 3 is 2.48 bits per heavy atom. The molecule has 3 aliphatic rings. The number of aryl methyl sites for hydroxylation is 1. The van der Waals surface area contributed by atoms with Gasteiger partial charge in [-0.3, -0.25) is 19.1 Å². The monoisotopic (exact) mass is 400 g/mol. The summed E-state index contributed by atoms with van der Waals surface area (Å²) in [4.78, 5) is 37.5. The van der Waals surface area contributed by atoms with Crippen molar-refractivity contribution in [2.45, 2.75) is 58.0 Å². The first-order valence-corrected chi connectivity index (χ1v) is 10.6. The molecule has 29 heavy (non-hydrogen) atoms. The van der Waals surface area contributed by atoms with Crippen LogP contribution in [0.3, 0.4) is 0 Å². The summed E-state index contributed by atoms with van der Waals surface area (Å²) in [6.07, 6.45) is 11.5. The van der Waals surface area contributed by atoms with Crippen LogP contribution < -0.4 is 10.6 Å². The third-order valence-electron chi connectivity index (χ3n) is 6.55. The van der Waals surface area contributed by atoms with Crippen LogP contribution in [0.4, 0.5) is 5.69 Å². The molecule has 1 aromatic heterocycles. The Kier molecular flexibility index (Phi) is 5.43. The van der Waals surface area contributed by atoms with Crippen molar-refractivity contribution in [3.8, 4) is 0 Å². The molecule has 0 aliphatic heterocycles.